The molecule has 0 bridgehead atoms. The number of methoxy groups -OCH3 is 1. The smallest absolute Gasteiger partial charge is 0.248 e. The van der Waals surface area contributed by atoms with E-state index < -0.39 is 10.0 Å². The van der Waals surface area contributed by atoms with Gasteiger partial charge in [-0.15, -0.1) is 0 Å². The largest absolute Gasteiger partial charge is 0.497 e. The Morgan fingerprint density at radius 3 is 2.10 bits per heavy atom. The van der Waals surface area contributed by atoms with Crippen molar-refractivity contribution in [2.75, 3.05) is 67.1 Å². The van der Waals surface area contributed by atoms with Gasteiger partial charge in [-0.1, -0.05) is 20.3 Å². The van der Waals surface area contributed by atoms with Gasteiger partial charge < -0.3 is 14.4 Å². The highest BCUT2D eigenvalue weighted by Crippen LogP contribution is 2.30. The number of carbonyl (C=O) groups is 1. The Bertz CT molecular complexity index is 1060. The second-order valence-electron chi connectivity index (χ2n) is 11.6. The summed E-state index contributed by atoms with van der Waals surface area (Å²) in [6.07, 6.45) is 8.70. The molecule has 0 aromatic heterocycles. The quantitative estimate of drug-likeness (QED) is 0.371. The lowest BCUT2D eigenvalue weighted by atomic mass is 10.1. The van der Waals surface area contributed by atoms with Gasteiger partial charge in [0, 0.05) is 64.9 Å². The highest BCUT2D eigenvalue weighted by Gasteiger charge is 2.35. The Hall–Kier alpha value is -1.72. The van der Waals surface area contributed by atoms with Crippen LogP contribution >= 0.6 is 0 Å². The summed E-state index contributed by atoms with van der Waals surface area (Å²) in [5, 5.41) is 0. The predicted octanol–water partition coefficient (Wildman–Crippen LogP) is 3.52. The van der Waals surface area contributed by atoms with Gasteiger partial charge in [0.15, 0.2) is 0 Å². The van der Waals surface area contributed by atoms with E-state index in [0.29, 0.717) is 22.9 Å². The number of aryl methyl sites for hydroxylation is 2. The van der Waals surface area contributed by atoms with Gasteiger partial charge in [0.1, 0.15) is 12.4 Å². The van der Waals surface area contributed by atoms with Crippen LogP contribution in [-0.2, 0) is 19.6 Å². The SMILES string of the molecule is C.COc1cc(C)c(S(=O)(=O)N(C)CCOCC(=O)N(C)[C@@H]2CC[C@H](N3CCN(C4CCCC4)CC3)C2)c(C)c1. The monoisotopic (exact) mass is 580 g/mol. The molecule has 0 radical (unpaired) electrons. The zero-order chi connectivity index (χ0) is 28.2. The van der Waals surface area contributed by atoms with Gasteiger partial charge in [0.25, 0.3) is 0 Å². The van der Waals surface area contributed by atoms with Crippen LogP contribution in [-0.4, -0.2) is 119 Å². The molecule has 2 atom stereocenters. The van der Waals surface area contributed by atoms with Crippen LogP contribution in [0.2, 0.25) is 0 Å². The standard InChI is InChI=1S/C29H48N4O5S.CH4/c1-22-18-27(37-5)19-23(2)29(22)39(35,36)30(3)16-17-38-21-28(34)31(4)25-10-11-26(20-25)33-14-12-32(13-15-33)24-8-6-7-9-24;/h18-19,24-26H,6-17,20-21H2,1-5H3;1H4/t25-,26+;/m1./s1. The Kier molecular flexibility index (Phi) is 11.8. The molecule has 228 valence electrons. The fraction of sp³-hybridized carbons (Fsp3) is 0.767. The van der Waals surface area contributed by atoms with E-state index in [1.54, 1.807) is 40.1 Å². The van der Waals surface area contributed by atoms with Crippen LogP contribution in [0.15, 0.2) is 17.0 Å². The maximum Gasteiger partial charge on any atom is 0.248 e. The summed E-state index contributed by atoms with van der Waals surface area (Å²) in [5.41, 5.74) is 1.28. The van der Waals surface area contributed by atoms with E-state index in [-0.39, 0.29) is 44.0 Å². The Morgan fingerprint density at radius 1 is 0.950 bits per heavy atom. The van der Waals surface area contributed by atoms with Crippen LogP contribution < -0.4 is 4.74 Å². The Labute approximate surface area is 242 Å². The number of hydrogen-bond donors (Lipinski definition) is 0. The number of rotatable bonds is 11. The van der Waals surface area contributed by atoms with Gasteiger partial charge in [-0.2, -0.15) is 4.31 Å². The van der Waals surface area contributed by atoms with Crippen molar-refractivity contribution in [3.63, 3.8) is 0 Å². The zero-order valence-corrected chi connectivity index (χ0v) is 25.3. The third kappa shape index (κ3) is 7.56. The number of amides is 1. The van der Waals surface area contributed by atoms with Crippen molar-refractivity contribution in [2.24, 2.45) is 0 Å². The van der Waals surface area contributed by atoms with Gasteiger partial charge in [0.05, 0.1) is 18.6 Å². The molecule has 2 aliphatic carbocycles. The summed E-state index contributed by atoms with van der Waals surface area (Å²) in [6.45, 7) is 8.46. The molecule has 9 nitrogen and oxygen atoms in total. The maximum absolute atomic E-state index is 13.2. The molecule has 3 fully saturated rings. The van der Waals surface area contributed by atoms with Gasteiger partial charge >= 0.3 is 0 Å². The second-order valence-corrected chi connectivity index (χ2v) is 13.6. The van der Waals surface area contributed by atoms with Gasteiger partial charge in [-0.25, -0.2) is 8.42 Å². The second kappa shape index (κ2) is 14.4. The normalized spacial score (nSPS) is 22.9. The fourth-order valence-corrected chi connectivity index (χ4v) is 8.28. The minimum atomic E-state index is -3.69. The minimum absolute atomic E-state index is 0. The summed E-state index contributed by atoms with van der Waals surface area (Å²) >= 11 is 0. The summed E-state index contributed by atoms with van der Waals surface area (Å²) < 4.78 is 38.5. The van der Waals surface area contributed by atoms with Crippen molar-refractivity contribution in [3.05, 3.63) is 23.3 Å². The Morgan fingerprint density at radius 2 is 1.52 bits per heavy atom. The van der Waals surface area contributed by atoms with Crippen LogP contribution in [0.4, 0.5) is 0 Å². The number of nitrogens with zero attached hydrogens (tertiary/aromatic N) is 4. The number of likely N-dealkylation sites (N-methyl/N-ethyl adjacent to an activating group) is 2. The zero-order valence-electron chi connectivity index (χ0n) is 24.5. The van der Waals surface area contributed by atoms with E-state index in [2.05, 4.69) is 9.80 Å². The van der Waals surface area contributed by atoms with Crippen LogP contribution in [0.5, 0.6) is 5.75 Å². The third-order valence-corrected chi connectivity index (χ3v) is 11.3. The highest BCUT2D eigenvalue weighted by atomic mass is 32.2. The van der Waals surface area contributed by atoms with Gasteiger partial charge in [-0.3, -0.25) is 14.6 Å². The van der Waals surface area contributed by atoms with Crippen LogP contribution in [0.1, 0.15) is 63.5 Å². The molecule has 0 unspecified atom stereocenters. The Balaban J connectivity index is 0.00000441. The number of carbonyl (C=O) groups excluding carboxylic acids is 1. The average Bonchev–Trinajstić information content (AvgIpc) is 3.63. The molecule has 1 aromatic rings. The lowest BCUT2D eigenvalue weighted by molar-refractivity contribution is -0.136. The molecular weight excluding hydrogens is 528 g/mol. The molecule has 0 N–H and O–H groups in total. The first-order chi connectivity index (χ1) is 18.6. The van der Waals surface area contributed by atoms with Crippen molar-refractivity contribution < 1.29 is 22.7 Å². The molecule has 1 aromatic carbocycles. The maximum atomic E-state index is 13.2. The van der Waals surface area contributed by atoms with Crippen molar-refractivity contribution >= 4 is 15.9 Å². The average molecular weight is 581 g/mol. The number of piperazine rings is 1. The molecule has 4 rings (SSSR count). The van der Waals surface area contributed by atoms with Crippen LogP contribution in [0, 0.1) is 13.8 Å². The number of ether oxygens (including phenoxy) is 2. The van der Waals surface area contributed by atoms with Crippen molar-refractivity contribution in [1.29, 1.82) is 0 Å². The van der Waals surface area contributed by atoms with Gasteiger partial charge in [0.2, 0.25) is 15.9 Å². The van der Waals surface area contributed by atoms with Crippen molar-refractivity contribution in [2.45, 2.75) is 89.2 Å². The summed E-state index contributed by atoms with van der Waals surface area (Å²) in [7, 11) is 1.30. The molecule has 40 heavy (non-hydrogen) atoms. The number of hydrogen-bond acceptors (Lipinski definition) is 7. The van der Waals surface area contributed by atoms with E-state index in [1.807, 2.05) is 11.9 Å². The third-order valence-electron chi connectivity index (χ3n) is 9.14. The predicted molar refractivity (Wildman–Crippen MR) is 159 cm³/mol. The molecule has 1 aliphatic heterocycles. The molecule has 0 spiro atoms. The van der Waals surface area contributed by atoms with E-state index >= 15 is 0 Å². The van der Waals surface area contributed by atoms with E-state index in [0.717, 1.165) is 38.4 Å². The molecule has 1 amide bonds. The van der Waals surface area contributed by atoms with E-state index in [9.17, 15) is 13.2 Å². The lowest BCUT2D eigenvalue weighted by Crippen LogP contribution is -2.52. The minimum Gasteiger partial charge on any atom is -0.497 e. The van der Waals surface area contributed by atoms with E-state index in [1.165, 1.54) is 43.1 Å². The highest BCUT2D eigenvalue weighted by molar-refractivity contribution is 7.89. The summed E-state index contributed by atoms with van der Waals surface area (Å²) in [4.78, 5) is 20.3. The number of benzene rings is 1. The molecule has 1 heterocycles. The molecule has 1 saturated heterocycles. The molecular formula is C30H52N4O5S. The van der Waals surface area contributed by atoms with Crippen molar-refractivity contribution in [1.82, 2.24) is 19.0 Å². The van der Waals surface area contributed by atoms with Gasteiger partial charge in [-0.05, 0) is 69.2 Å². The topological polar surface area (TPSA) is 82.6 Å². The van der Waals surface area contributed by atoms with Crippen molar-refractivity contribution in [3.8, 4) is 5.75 Å². The summed E-state index contributed by atoms with van der Waals surface area (Å²) in [5.74, 6) is 0.590. The molecule has 3 aliphatic rings. The number of sulfonamides is 1. The molecule has 10 heteroatoms. The van der Waals surface area contributed by atoms with Crippen LogP contribution in [0.3, 0.4) is 0 Å². The van der Waals surface area contributed by atoms with E-state index in [4.69, 9.17) is 9.47 Å². The van der Waals surface area contributed by atoms with Crippen LogP contribution in [0.25, 0.3) is 0 Å². The molecule has 2 saturated carbocycles. The lowest BCUT2D eigenvalue weighted by Gasteiger charge is -2.40. The first-order valence-corrected chi connectivity index (χ1v) is 16.0. The summed E-state index contributed by atoms with van der Waals surface area (Å²) in [6, 6.07) is 5.05. The fourth-order valence-electron chi connectivity index (χ4n) is 6.72. The first kappa shape index (κ1) is 32.8. The first-order valence-electron chi connectivity index (χ1n) is 14.5.